The Hall–Kier alpha value is -2.01. The highest BCUT2D eigenvalue weighted by molar-refractivity contribution is 5.56. The van der Waals surface area contributed by atoms with Gasteiger partial charge in [-0.3, -0.25) is 4.98 Å². The number of pyridine rings is 1. The Labute approximate surface area is 118 Å². The number of rotatable bonds is 3. The molecule has 1 aliphatic heterocycles. The van der Waals surface area contributed by atoms with Gasteiger partial charge >= 0.3 is 0 Å². The monoisotopic (exact) mass is 269 g/mol. The van der Waals surface area contributed by atoms with Gasteiger partial charge in [0.15, 0.2) is 5.82 Å². The molecule has 1 fully saturated rings. The molecule has 2 N–H and O–H groups in total. The third kappa shape index (κ3) is 3.11. The quantitative estimate of drug-likeness (QED) is 0.892. The molecule has 2 aromatic rings. The second kappa shape index (κ2) is 5.96. The van der Waals surface area contributed by atoms with Crippen LogP contribution in [0.2, 0.25) is 0 Å². The summed E-state index contributed by atoms with van der Waals surface area (Å²) in [5.74, 6) is 1.67. The lowest BCUT2D eigenvalue weighted by atomic mass is 10.1. The summed E-state index contributed by atoms with van der Waals surface area (Å²) in [5.41, 5.74) is 1.97. The zero-order valence-corrected chi connectivity index (χ0v) is 11.6. The highest BCUT2D eigenvalue weighted by Gasteiger charge is 2.14. The molecule has 3 heterocycles. The minimum Gasteiger partial charge on any atom is -0.367 e. The van der Waals surface area contributed by atoms with Crippen LogP contribution in [-0.4, -0.2) is 34.1 Å². The van der Waals surface area contributed by atoms with E-state index in [-0.39, 0.29) is 0 Å². The smallest absolute Gasteiger partial charge is 0.161 e. The van der Waals surface area contributed by atoms with Crippen LogP contribution < -0.4 is 10.6 Å². The topological polar surface area (TPSA) is 62.7 Å². The molecule has 2 aromatic heterocycles. The van der Waals surface area contributed by atoms with Crippen molar-refractivity contribution in [2.45, 2.75) is 25.8 Å². The van der Waals surface area contributed by atoms with Crippen LogP contribution in [0.15, 0.2) is 30.6 Å². The summed E-state index contributed by atoms with van der Waals surface area (Å²) >= 11 is 0. The summed E-state index contributed by atoms with van der Waals surface area (Å²) in [7, 11) is 0. The van der Waals surface area contributed by atoms with Gasteiger partial charge in [-0.15, -0.1) is 0 Å². The van der Waals surface area contributed by atoms with Crippen molar-refractivity contribution >= 4 is 5.82 Å². The zero-order valence-electron chi connectivity index (χ0n) is 11.6. The molecule has 0 atom stereocenters. The number of anilines is 1. The molecule has 0 amide bonds. The van der Waals surface area contributed by atoms with E-state index < -0.39 is 0 Å². The maximum atomic E-state index is 4.63. The largest absolute Gasteiger partial charge is 0.367 e. The lowest BCUT2D eigenvalue weighted by molar-refractivity contribution is 0.478. The maximum absolute atomic E-state index is 4.63. The Morgan fingerprint density at radius 1 is 1.15 bits per heavy atom. The molecule has 3 rings (SSSR count). The number of piperidine rings is 1. The van der Waals surface area contributed by atoms with E-state index in [2.05, 4.69) is 25.6 Å². The summed E-state index contributed by atoms with van der Waals surface area (Å²) in [6, 6.07) is 6.37. The molecule has 20 heavy (non-hydrogen) atoms. The fraction of sp³-hybridized carbons (Fsp3) is 0.400. The molecule has 0 spiro atoms. The van der Waals surface area contributed by atoms with Crippen LogP contribution in [0.1, 0.15) is 18.5 Å². The van der Waals surface area contributed by atoms with Gasteiger partial charge in [-0.1, -0.05) is 0 Å². The van der Waals surface area contributed by atoms with Gasteiger partial charge < -0.3 is 10.6 Å². The molecule has 0 aliphatic carbocycles. The van der Waals surface area contributed by atoms with E-state index in [1.165, 1.54) is 0 Å². The number of hydrogen-bond donors (Lipinski definition) is 2. The van der Waals surface area contributed by atoms with Crippen molar-refractivity contribution in [3.8, 4) is 11.4 Å². The van der Waals surface area contributed by atoms with Crippen LogP contribution in [-0.2, 0) is 0 Å². The Morgan fingerprint density at radius 3 is 2.65 bits per heavy atom. The van der Waals surface area contributed by atoms with Crippen molar-refractivity contribution in [2.24, 2.45) is 0 Å². The summed E-state index contributed by atoms with van der Waals surface area (Å²) in [6.07, 6.45) is 5.79. The van der Waals surface area contributed by atoms with Crippen molar-refractivity contribution in [3.63, 3.8) is 0 Å². The zero-order chi connectivity index (χ0) is 13.8. The first-order valence-corrected chi connectivity index (χ1v) is 7.04. The Morgan fingerprint density at radius 2 is 1.90 bits per heavy atom. The fourth-order valence-corrected chi connectivity index (χ4v) is 2.45. The number of aromatic nitrogens is 3. The third-order valence-electron chi connectivity index (χ3n) is 3.48. The van der Waals surface area contributed by atoms with Gasteiger partial charge in [-0.25, -0.2) is 9.97 Å². The first kappa shape index (κ1) is 13.0. The van der Waals surface area contributed by atoms with E-state index in [4.69, 9.17) is 0 Å². The van der Waals surface area contributed by atoms with Crippen LogP contribution >= 0.6 is 0 Å². The molecule has 5 nitrogen and oxygen atoms in total. The van der Waals surface area contributed by atoms with E-state index in [9.17, 15) is 0 Å². The van der Waals surface area contributed by atoms with Crippen LogP contribution in [0.5, 0.6) is 0 Å². The van der Waals surface area contributed by atoms with Crippen LogP contribution in [0.3, 0.4) is 0 Å². The summed E-state index contributed by atoms with van der Waals surface area (Å²) in [5, 5.41) is 6.89. The van der Waals surface area contributed by atoms with Gasteiger partial charge in [0.25, 0.3) is 0 Å². The fourth-order valence-electron chi connectivity index (χ4n) is 2.45. The molecule has 1 saturated heterocycles. The molecule has 0 aromatic carbocycles. The Balaban J connectivity index is 1.83. The van der Waals surface area contributed by atoms with Gasteiger partial charge in [0, 0.05) is 35.8 Å². The van der Waals surface area contributed by atoms with Crippen molar-refractivity contribution < 1.29 is 0 Å². The average molecular weight is 269 g/mol. The van der Waals surface area contributed by atoms with E-state index in [1.54, 1.807) is 12.4 Å². The second-order valence-corrected chi connectivity index (χ2v) is 5.12. The SMILES string of the molecule is Cc1cc(NC2CCNCC2)nc(-c2ccncc2)n1. The molecule has 104 valence electrons. The number of nitrogens with one attached hydrogen (secondary N) is 2. The van der Waals surface area contributed by atoms with Crippen LogP contribution in [0, 0.1) is 6.92 Å². The average Bonchev–Trinajstić information content (AvgIpc) is 2.49. The van der Waals surface area contributed by atoms with Gasteiger partial charge in [0.1, 0.15) is 5.82 Å². The maximum Gasteiger partial charge on any atom is 0.161 e. The third-order valence-corrected chi connectivity index (χ3v) is 3.48. The molecule has 1 aliphatic rings. The standard InChI is InChI=1S/C15H19N5/c1-11-10-14(19-13-4-8-17-9-5-13)20-15(18-11)12-2-6-16-7-3-12/h2-3,6-7,10,13,17H,4-5,8-9H2,1H3,(H,18,19,20). The second-order valence-electron chi connectivity index (χ2n) is 5.12. The van der Waals surface area contributed by atoms with Crippen LogP contribution in [0.25, 0.3) is 11.4 Å². The molecule has 0 radical (unpaired) electrons. The summed E-state index contributed by atoms with van der Waals surface area (Å²) in [4.78, 5) is 13.2. The normalized spacial score (nSPS) is 16.1. The lowest BCUT2D eigenvalue weighted by Crippen LogP contribution is -2.35. The predicted octanol–water partition coefficient (Wildman–Crippen LogP) is 2.01. The van der Waals surface area contributed by atoms with E-state index >= 15 is 0 Å². The van der Waals surface area contributed by atoms with E-state index in [1.807, 2.05) is 25.1 Å². The molecule has 0 saturated carbocycles. The van der Waals surface area contributed by atoms with Crippen molar-refractivity contribution in [3.05, 3.63) is 36.3 Å². The minimum atomic E-state index is 0.496. The predicted molar refractivity (Wildman–Crippen MR) is 79.5 cm³/mol. The summed E-state index contributed by atoms with van der Waals surface area (Å²) in [6.45, 7) is 4.14. The van der Waals surface area contributed by atoms with Gasteiger partial charge in [-0.2, -0.15) is 0 Å². The van der Waals surface area contributed by atoms with E-state index in [0.717, 1.165) is 48.8 Å². The summed E-state index contributed by atoms with van der Waals surface area (Å²) < 4.78 is 0. The minimum absolute atomic E-state index is 0.496. The number of aryl methyl sites for hydroxylation is 1. The van der Waals surface area contributed by atoms with Gasteiger partial charge in [0.05, 0.1) is 0 Å². The highest BCUT2D eigenvalue weighted by Crippen LogP contribution is 2.18. The van der Waals surface area contributed by atoms with E-state index in [0.29, 0.717) is 6.04 Å². The van der Waals surface area contributed by atoms with Crippen molar-refractivity contribution in [1.82, 2.24) is 20.3 Å². The van der Waals surface area contributed by atoms with Gasteiger partial charge in [0.2, 0.25) is 0 Å². The van der Waals surface area contributed by atoms with Crippen molar-refractivity contribution in [1.29, 1.82) is 0 Å². The molecule has 0 bridgehead atoms. The first-order valence-electron chi connectivity index (χ1n) is 7.04. The first-order chi connectivity index (χ1) is 9.81. The molecule has 0 unspecified atom stereocenters. The Bertz CT molecular complexity index is 564. The number of hydrogen-bond acceptors (Lipinski definition) is 5. The lowest BCUT2D eigenvalue weighted by Gasteiger charge is -2.24. The molecular weight excluding hydrogens is 250 g/mol. The highest BCUT2D eigenvalue weighted by atomic mass is 15.1. The van der Waals surface area contributed by atoms with Crippen LogP contribution in [0.4, 0.5) is 5.82 Å². The van der Waals surface area contributed by atoms with Crippen molar-refractivity contribution in [2.75, 3.05) is 18.4 Å². The number of nitrogens with zero attached hydrogens (tertiary/aromatic N) is 3. The molecular formula is C15H19N5. The molecule has 5 heteroatoms. The van der Waals surface area contributed by atoms with Gasteiger partial charge in [-0.05, 0) is 45.0 Å². The Kier molecular flexibility index (Phi) is 3.87.